The number of hydrogen-bond acceptors (Lipinski definition) is 3. The third kappa shape index (κ3) is 6.04. The van der Waals surface area contributed by atoms with Crippen molar-refractivity contribution in [2.45, 2.75) is 58.9 Å². The molecule has 2 aromatic rings. The summed E-state index contributed by atoms with van der Waals surface area (Å²) in [6.07, 6.45) is 2.86. The molecule has 0 radical (unpaired) electrons. The predicted molar refractivity (Wildman–Crippen MR) is 126 cm³/mol. The fourth-order valence-corrected chi connectivity index (χ4v) is 4.01. The van der Waals surface area contributed by atoms with Gasteiger partial charge in [-0.2, -0.15) is 0 Å². The van der Waals surface area contributed by atoms with E-state index in [4.69, 9.17) is 0 Å². The molecule has 0 aliphatic carbocycles. The lowest BCUT2D eigenvalue weighted by atomic mass is 9.88. The first-order chi connectivity index (χ1) is 14.8. The van der Waals surface area contributed by atoms with Crippen LogP contribution in [0.2, 0.25) is 0 Å². The summed E-state index contributed by atoms with van der Waals surface area (Å²) < 4.78 is 0. The van der Waals surface area contributed by atoms with Gasteiger partial charge >= 0.3 is 0 Å². The van der Waals surface area contributed by atoms with Crippen LogP contribution in [0.1, 0.15) is 74.4 Å². The largest absolute Gasteiger partial charge is 0.353 e. The van der Waals surface area contributed by atoms with Gasteiger partial charge in [0.2, 0.25) is 5.91 Å². The van der Waals surface area contributed by atoms with E-state index in [0.29, 0.717) is 5.92 Å². The number of likely N-dealkylation sites (tertiary alicyclic amines) is 1. The third-order valence-corrected chi connectivity index (χ3v) is 6.73. The molecule has 0 bridgehead atoms. The number of piperidine rings is 1. The van der Waals surface area contributed by atoms with Crippen molar-refractivity contribution in [1.29, 1.82) is 0 Å². The monoisotopic (exact) mass is 420 g/mol. The molecule has 0 saturated carbocycles. The van der Waals surface area contributed by atoms with Gasteiger partial charge in [0.05, 0.1) is 0 Å². The maximum Gasteiger partial charge on any atom is 0.225 e. The molecule has 1 heterocycles. The third-order valence-electron chi connectivity index (χ3n) is 6.73. The maximum absolute atomic E-state index is 12.6. The topological polar surface area (TPSA) is 49.4 Å². The predicted octanol–water partition coefficient (Wildman–Crippen LogP) is 5.04. The first-order valence-electron chi connectivity index (χ1n) is 11.5. The average molecular weight is 421 g/mol. The number of nitrogens with zero attached hydrogens (tertiary/aromatic N) is 1. The molecule has 2 aromatic carbocycles. The summed E-state index contributed by atoms with van der Waals surface area (Å²) in [5.74, 6) is 0.633. The van der Waals surface area contributed by atoms with Crippen molar-refractivity contribution in [3.05, 3.63) is 71.3 Å². The lowest BCUT2D eigenvalue weighted by Crippen LogP contribution is -2.48. The number of ketones is 1. The molecule has 1 aliphatic heterocycles. The van der Waals surface area contributed by atoms with Crippen LogP contribution in [-0.4, -0.2) is 42.3 Å². The highest BCUT2D eigenvalue weighted by atomic mass is 16.2. The molecule has 0 spiro atoms. The SMILES string of the molecule is CCC(C)(C)C(=O)NC1CCN(CC(C)c2ccc(C(=O)c3ccccc3)cc2)CC1. The number of benzene rings is 2. The Morgan fingerprint density at radius 2 is 1.58 bits per heavy atom. The van der Waals surface area contributed by atoms with E-state index in [2.05, 4.69) is 36.2 Å². The van der Waals surface area contributed by atoms with E-state index in [1.807, 2.05) is 56.3 Å². The molecule has 3 rings (SSSR count). The van der Waals surface area contributed by atoms with Gasteiger partial charge in [0, 0.05) is 42.2 Å². The van der Waals surface area contributed by atoms with E-state index in [1.165, 1.54) is 5.56 Å². The fourth-order valence-electron chi connectivity index (χ4n) is 4.01. The van der Waals surface area contributed by atoms with E-state index >= 15 is 0 Å². The molecule has 0 aromatic heterocycles. The van der Waals surface area contributed by atoms with Crippen molar-refractivity contribution in [1.82, 2.24) is 10.2 Å². The van der Waals surface area contributed by atoms with Crippen LogP contribution < -0.4 is 5.32 Å². The van der Waals surface area contributed by atoms with Gasteiger partial charge in [-0.3, -0.25) is 9.59 Å². The van der Waals surface area contributed by atoms with E-state index in [0.717, 1.165) is 50.0 Å². The van der Waals surface area contributed by atoms with Crippen LogP contribution in [0.5, 0.6) is 0 Å². The Balaban J connectivity index is 1.49. The summed E-state index contributed by atoms with van der Waals surface area (Å²) in [6.45, 7) is 11.3. The van der Waals surface area contributed by atoms with Crippen molar-refractivity contribution in [2.75, 3.05) is 19.6 Å². The molecule has 1 amide bonds. The molecule has 1 aliphatic rings. The van der Waals surface area contributed by atoms with Gasteiger partial charge in [-0.25, -0.2) is 0 Å². The van der Waals surface area contributed by atoms with Crippen LogP contribution in [0, 0.1) is 5.41 Å². The van der Waals surface area contributed by atoms with Crippen molar-refractivity contribution < 1.29 is 9.59 Å². The smallest absolute Gasteiger partial charge is 0.225 e. The second-order valence-electron chi connectivity index (χ2n) is 9.50. The first-order valence-corrected chi connectivity index (χ1v) is 11.5. The highest BCUT2D eigenvalue weighted by Crippen LogP contribution is 2.23. The zero-order chi connectivity index (χ0) is 22.4. The fraction of sp³-hybridized carbons (Fsp3) is 0.481. The number of nitrogens with one attached hydrogen (secondary N) is 1. The van der Waals surface area contributed by atoms with Crippen LogP contribution in [-0.2, 0) is 4.79 Å². The average Bonchev–Trinajstić information content (AvgIpc) is 2.80. The van der Waals surface area contributed by atoms with Crippen molar-refractivity contribution in [3.63, 3.8) is 0 Å². The van der Waals surface area contributed by atoms with Crippen molar-refractivity contribution in [3.8, 4) is 0 Å². The summed E-state index contributed by atoms with van der Waals surface area (Å²) in [6, 6.07) is 17.8. The van der Waals surface area contributed by atoms with E-state index < -0.39 is 0 Å². The highest BCUT2D eigenvalue weighted by Gasteiger charge is 2.29. The Morgan fingerprint density at radius 1 is 1.00 bits per heavy atom. The number of rotatable bonds is 8. The minimum Gasteiger partial charge on any atom is -0.353 e. The standard InChI is InChI=1S/C27H36N2O2/c1-5-27(3,4)26(31)28-24-15-17-29(18-16-24)19-20(2)21-11-13-23(14-12-21)25(30)22-9-7-6-8-10-22/h6-14,20,24H,5,15-19H2,1-4H3,(H,28,31). The first kappa shape index (κ1) is 23.2. The van der Waals surface area contributed by atoms with Crippen LogP contribution in [0.4, 0.5) is 0 Å². The van der Waals surface area contributed by atoms with Gasteiger partial charge in [0.1, 0.15) is 0 Å². The van der Waals surface area contributed by atoms with E-state index in [-0.39, 0.29) is 23.1 Å². The molecule has 1 saturated heterocycles. The quantitative estimate of drug-likeness (QED) is 0.609. The Morgan fingerprint density at radius 3 is 2.16 bits per heavy atom. The van der Waals surface area contributed by atoms with Crippen molar-refractivity contribution >= 4 is 11.7 Å². The normalized spacial score (nSPS) is 16.6. The van der Waals surface area contributed by atoms with Gasteiger partial charge in [0.15, 0.2) is 5.78 Å². The molecule has 1 unspecified atom stereocenters. The Bertz CT molecular complexity index is 866. The summed E-state index contributed by atoms with van der Waals surface area (Å²) in [5, 5.41) is 3.25. The summed E-state index contributed by atoms with van der Waals surface area (Å²) in [7, 11) is 0. The summed E-state index contributed by atoms with van der Waals surface area (Å²) in [5.41, 5.74) is 2.42. The van der Waals surface area contributed by atoms with E-state index in [1.54, 1.807) is 0 Å². The molecule has 1 atom stereocenters. The molecular formula is C27H36N2O2. The van der Waals surface area contributed by atoms with Gasteiger partial charge in [0.25, 0.3) is 0 Å². The summed E-state index contributed by atoms with van der Waals surface area (Å²) in [4.78, 5) is 27.5. The Hall–Kier alpha value is -2.46. The van der Waals surface area contributed by atoms with Gasteiger partial charge in [-0.1, -0.05) is 82.3 Å². The van der Waals surface area contributed by atoms with Crippen LogP contribution in [0.25, 0.3) is 0 Å². The molecule has 31 heavy (non-hydrogen) atoms. The Labute approximate surface area is 187 Å². The second-order valence-corrected chi connectivity index (χ2v) is 9.50. The number of carbonyl (C=O) groups excluding carboxylic acids is 2. The minimum atomic E-state index is -0.292. The van der Waals surface area contributed by atoms with Crippen LogP contribution in [0.15, 0.2) is 54.6 Å². The zero-order valence-electron chi connectivity index (χ0n) is 19.4. The number of hydrogen-bond donors (Lipinski definition) is 1. The Kier molecular flexibility index (Phi) is 7.66. The second kappa shape index (κ2) is 10.2. The molecule has 4 nitrogen and oxygen atoms in total. The molecule has 166 valence electrons. The molecule has 1 N–H and O–H groups in total. The number of carbonyl (C=O) groups is 2. The van der Waals surface area contributed by atoms with Gasteiger partial charge < -0.3 is 10.2 Å². The van der Waals surface area contributed by atoms with Crippen LogP contribution in [0.3, 0.4) is 0 Å². The highest BCUT2D eigenvalue weighted by molar-refractivity contribution is 6.08. The number of amides is 1. The van der Waals surface area contributed by atoms with Gasteiger partial charge in [-0.15, -0.1) is 0 Å². The zero-order valence-corrected chi connectivity index (χ0v) is 19.4. The van der Waals surface area contributed by atoms with Crippen molar-refractivity contribution in [2.24, 2.45) is 5.41 Å². The van der Waals surface area contributed by atoms with Crippen LogP contribution >= 0.6 is 0 Å². The minimum absolute atomic E-state index is 0.0650. The molecule has 1 fully saturated rings. The molecule has 4 heteroatoms. The summed E-state index contributed by atoms with van der Waals surface area (Å²) >= 11 is 0. The van der Waals surface area contributed by atoms with Gasteiger partial charge in [-0.05, 0) is 30.7 Å². The maximum atomic E-state index is 12.6. The molecular weight excluding hydrogens is 384 g/mol. The lowest BCUT2D eigenvalue weighted by Gasteiger charge is -2.35. The van der Waals surface area contributed by atoms with E-state index in [9.17, 15) is 9.59 Å². The lowest BCUT2D eigenvalue weighted by molar-refractivity contribution is -0.130.